The van der Waals surface area contributed by atoms with Crippen LogP contribution < -0.4 is 9.64 Å². The molecule has 1 N–H and O–H groups in total. The van der Waals surface area contributed by atoms with E-state index >= 15 is 0 Å². The number of hydrogen-bond donors (Lipinski definition) is 1. The van der Waals surface area contributed by atoms with E-state index in [2.05, 4.69) is 15.9 Å². The highest BCUT2D eigenvalue weighted by Crippen LogP contribution is 2.30. The number of nitrogens with zero attached hydrogens (tertiary/aromatic N) is 1. The van der Waals surface area contributed by atoms with Crippen LogP contribution in [-0.2, 0) is 9.53 Å². The van der Waals surface area contributed by atoms with Gasteiger partial charge in [0.25, 0.3) is 5.17 Å². The van der Waals surface area contributed by atoms with Crippen molar-refractivity contribution in [1.29, 1.82) is 0 Å². The van der Waals surface area contributed by atoms with Crippen LogP contribution in [0.4, 0.5) is 5.69 Å². The summed E-state index contributed by atoms with van der Waals surface area (Å²) in [4.78, 5) is 13.9. The SMILES string of the molecule is COc1ccc(N2C(=O)C(=Cc3cc(Br)ccc3O)OC2=S)cc1. The highest BCUT2D eigenvalue weighted by atomic mass is 79.9. The third-order valence-electron chi connectivity index (χ3n) is 3.40. The molecule has 1 aliphatic rings. The molecule has 2 aromatic rings. The van der Waals surface area contributed by atoms with E-state index < -0.39 is 5.91 Å². The Morgan fingerprint density at radius 2 is 1.96 bits per heavy atom. The molecule has 1 saturated heterocycles. The summed E-state index contributed by atoms with van der Waals surface area (Å²) in [5.41, 5.74) is 1.03. The van der Waals surface area contributed by atoms with E-state index in [-0.39, 0.29) is 16.7 Å². The summed E-state index contributed by atoms with van der Waals surface area (Å²) in [6, 6.07) is 11.8. The minimum absolute atomic E-state index is 0.0332. The Kier molecular flexibility index (Phi) is 4.55. The van der Waals surface area contributed by atoms with Crippen molar-refractivity contribution in [3.05, 3.63) is 58.3 Å². The van der Waals surface area contributed by atoms with Gasteiger partial charge in [0, 0.05) is 10.0 Å². The van der Waals surface area contributed by atoms with Crippen molar-refractivity contribution in [1.82, 2.24) is 0 Å². The van der Waals surface area contributed by atoms with E-state index in [1.54, 1.807) is 43.5 Å². The molecule has 0 aliphatic carbocycles. The molecule has 0 saturated carbocycles. The van der Waals surface area contributed by atoms with Gasteiger partial charge in [-0.25, -0.2) is 4.90 Å². The molecule has 7 heteroatoms. The second-order valence-electron chi connectivity index (χ2n) is 4.92. The van der Waals surface area contributed by atoms with Gasteiger partial charge in [0.1, 0.15) is 11.5 Å². The third-order valence-corrected chi connectivity index (χ3v) is 4.16. The molecule has 0 aromatic heterocycles. The Labute approximate surface area is 152 Å². The number of phenolic OH excluding ortho intramolecular Hbond substituents is 1. The van der Waals surface area contributed by atoms with Crippen LogP contribution in [0.1, 0.15) is 5.56 Å². The van der Waals surface area contributed by atoms with Gasteiger partial charge >= 0.3 is 5.91 Å². The predicted octanol–water partition coefficient (Wildman–Crippen LogP) is 3.85. The summed E-state index contributed by atoms with van der Waals surface area (Å²) in [7, 11) is 1.56. The van der Waals surface area contributed by atoms with E-state index in [0.717, 1.165) is 4.47 Å². The molecular formula is C17H12BrNO4S. The van der Waals surface area contributed by atoms with Crippen LogP contribution in [0.25, 0.3) is 6.08 Å². The fourth-order valence-electron chi connectivity index (χ4n) is 2.20. The van der Waals surface area contributed by atoms with Crippen LogP contribution in [0.3, 0.4) is 0 Å². The van der Waals surface area contributed by atoms with E-state index in [1.807, 2.05) is 0 Å². The first-order valence-corrected chi connectivity index (χ1v) is 8.10. The van der Waals surface area contributed by atoms with Crippen molar-refractivity contribution in [2.75, 3.05) is 12.0 Å². The van der Waals surface area contributed by atoms with Crippen molar-refractivity contribution in [2.45, 2.75) is 0 Å². The Hall–Kier alpha value is -2.38. The Morgan fingerprint density at radius 1 is 1.25 bits per heavy atom. The second kappa shape index (κ2) is 6.62. The third kappa shape index (κ3) is 3.13. The van der Waals surface area contributed by atoms with E-state index in [4.69, 9.17) is 21.7 Å². The maximum absolute atomic E-state index is 12.6. The number of aromatic hydroxyl groups is 1. The summed E-state index contributed by atoms with van der Waals surface area (Å²) in [6.07, 6.45) is 1.46. The number of methoxy groups -OCH3 is 1. The first-order valence-electron chi connectivity index (χ1n) is 6.90. The molecule has 0 unspecified atom stereocenters. The predicted molar refractivity (Wildman–Crippen MR) is 97.9 cm³/mol. The molecule has 0 atom stereocenters. The van der Waals surface area contributed by atoms with Crippen LogP contribution in [0.5, 0.6) is 11.5 Å². The molecule has 0 bridgehead atoms. The van der Waals surface area contributed by atoms with Gasteiger partial charge in [-0.2, -0.15) is 0 Å². The molecule has 1 aliphatic heterocycles. The first kappa shape index (κ1) is 16.5. The van der Waals surface area contributed by atoms with Gasteiger partial charge in [-0.15, -0.1) is 0 Å². The van der Waals surface area contributed by atoms with Crippen molar-refractivity contribution in [3.8, 4) is 11.5 Å². The molecule has 2 aromatic carbocycles. The number of carbonyl (C=O) groups is 1. The molecule has 1 heterocycles. The Bertz CT molecular complexity index is 848. The zero-order chi connectivity index (χ0) is 17.3. The average molecular weight is 406 g/mol. The lowest BCUT2D eigenvalue weighted by atomic mass is 10.1. The molecule has 1 amide bonds. The number of thiocarbonyl (C=S) groups is 1. The number of carbonyl (C=O) groups excluding carboxylic acids is 1. The molecular weight excluding hydrogens is 394 g/mol. The lowest BCUT2D eigenvalue weighted by molar-refractivity contribution is -0.114. The minimum Gasteiger partial charge on any atom is -0.507 e. The minimum atomic E-state index is -0.399. The van der Waals surface area contributed by atoms with Gasteiger partial charge in [-0.3, -0.25) is 4.79 Å². The highest BCUT2D eigenvalue weighted by Gasteiger charge is 2.34. The number of ether oxygens (including phenoxy) is 2. The lowest BCUT2D eigenvalue weighted by Gasteiger charge is -2.12. The molecule has 122 valence electrons. The summed E-state index contributed by atoms with van der Waals surface area (Å²) in [6.45, 7) is 0. The van der Waals surface area contributed by atoms with Crippen molar-refractivity contribution in [3.63, 3.8) is 0 Å². The summed E-state index contributed by atoms with van der Waals surface area (Å²) in [5.74, 6) is 0.358. The Balaban J connectivity index is 1.93. The van der Waals surface area contributed by atoms with Crippen LogP contribution in [0.15, 0.2) is 52.7 Å². The van der Waals surface area contributed by atoms with Crippen molar-refractivity contribution < 1.29 is 19.4 Å². The largest absolute Gasteiger partial charge is 0.507 e. The van der Waals surface area contributed by atoms with Crippen LogP contribution in [-0.4, -0.2) is 23.3 Å². The summed E-state index contributed by atoms with van der Waals surface area (Å²) in [5, 5.41) is 9.93. The first-order chi connectivity index (χ1) is 11.5. The molecule has 5 nitrogen and oxygen atoms in total. The normalized spacial score (nSPS) is 15.8. The van der Waals surface area contributed by atoms with Crippen molar-refractivity contribution in [2.24, 2.45) is 0 Å². The van der Waals surface area contributed by atoms with Crippen LogP contribution in [0.2, 0.25) is 0 Å². The van der Waals surface area contributed by atoms with Gasteiger partial charge in [0.05, 0.1) is 12.8 Å². The molecule has 3 rings (SSSR count). The fourth-order valence-corrected chi connectivity index (χ4v) is 2.86. The Morgan fingerprint density at radius 3 is 2.62 bits per heavy atom. The quantitative estimate of drug-likeness (QED) is 0.620. The maximum Gasteiger partial charge on any atom is 0.301 e. The van der Waals surface area contributed by atoms with Crippen LogP contribution >= 0.6 is 28.1 Å². The summed E-state index contributed by atoms with van der Waals surface area (Å²) >= 11 is 8.47. The van der Waals surface area contributed by atoms with Gasteiger partial charge in [0.2, 0.25) is 0 Å². The second-order valence-corrected chi connectivity index (χ2v) is 6.18. The monoisotopic (exact) mass is 405 g/mol. The topological polar surface area (TPSA) is 59.0 Å². The average Bonchev–Trinajstić information content (AvgIpc) is 2.85. The highest BCUT2D eigenvalue weighted by molar-refractivity contribution is 9.10. The smallest absolute Gasteiger partial charge is 0.301 e. The van der Waals surface area contributed by atoms with Crippen LogP contribution in [0, 0.1) is 0 Å². The number of halogens is 1. The number of phenols is 1. The van der Waals surface area contributed by atoms with Gasteiger partial charge in [-0.1, -0.05) is 15.9 Å². The standard InChI is InChI=1S/C17H12BrNO4S/c1-22-13-5-3-12(4-6-13)19-16(21)15(23-17(19)24)9-10-8-11(18)2-7-14(10)20/h2-9,20H,1H3. The summed E-state index contributed by atoms with van der Waals surface area (Å²) < 4.78 is 11.3. The number of hydrogen-bond acceptors (Lipinski definition) is 5. The number of rotatable bonds is 3. The number of anilines is 1. The van der Waals surface area contributed by atoms with E-state index in [0.29, 0.717) is 17.0 Å². The number of benzene rings is 2. The molecule has 24 heavy (non-hydrogen) atoms. The maximum atomic E-state index is 12.6. The van der Waals surface area contributed by atoms with E-state index in [9.17, 15) is 9.90 Å². The lowest BCUT2D eigenvalue weighted by Crippen LogP contribution is -2.27. The molecule has 1 fully saturated rings. The molecule has 0 spiro atoms. The zero-order valence-electron chi connectivity index (χ0n) is 12.5. The zero-order valence-corrected chi connectivity index (χ0v) is 14.9. The van der Waals surface area contributed by atoms with Gasteiger partial charge in [0.15, 0.2) is 5.76 Å². The fraction of sp³-hybridized carbons (Fsp3) is 0.0588. The van der Waals surface area contributed by atoms with Gasteiger partial charge < -0.3 is 14.6 Å². The van der Waals surface area contributed by atoms with E-state index in [1.165, 1.54) is 17.0 Å². The van der Waals surface area contributed by atoms with Gasteiger partial charge in [-0.05, 0) is 60.8 Å². The number of amides is 1. The van der Waals surface area contributed by atoms with Crippen molar-refractivity contribution >= 4 is 51.0 Å². The molecule has 0 radical (unpaired) electrons.